The van der Waals surface area contributed by atoms with Crippen LogP contribution >= 0.6 is 11.3 Å². The van der Waals surface area contributed by atoms with Crippen molar-refractivity contribution >= 4 is 11.3 Å². The summed E-state index contributed by atoms with van der Waals surface area (Å²) in [6, 6.07) is 4.96. The summed E-state index contributed by atoms with van der Waals surface area (Å²) in [4.78, 5) is 2.85. The number of thiophene rings is 1. The number of hydrogen-bond acceptors (Lipinski definition) is 3. The maximum Gasteiger partial charge on any atom is 0.0543 e. The van der Waals surface area contributed by atoms with Gasteiger partial charge in [-0.05, 0) is 51.8 Å². The summed E-state index contributed by atoms with van der Waals surface area (Å²) in [6.07, 6.45) is 3.78. The Bertz CT molecular complexity index is 311. The molecule has 1 rings (SSSR count). The molecular weight excluding hydrogens is 230 g/mol. The smallest absolute Gasteiger partial charge is 0.0543 e. The van der Waals surface area contributed by atoms with Crippen LogP contribution in [0.25, 0.3) is 0 Å². The summed E-state index contributed by atoms with van der Waals surface area (Å²) in [6.45, 7) is 7.60. The number of aryl methyl sites for hydroxylation is 1. The Labute approximate surface area is 109 Å². The Kier molecular flexibility index (Phi) is 6.78. The van der Waals surface area contributed by atoms with Crippen molar-refractivity contribution in [3.05, 3.63) is 21.9 Å². The molecule has 2 atom stereocenters. The van der Waals surface area contributed by atoms with Crippen LogP contribution in [0.4, 0.5) is 0 Å². The molecule has 0 aliphatic rings. The molecule has 1 N–H and O–H groups in total. The normalized spacial score (nSPS) is 14.8. The topological polar surface area (TPSA) is 21.3 Å². The highest BCUT2D eigenvalue weighted by molar-refractivity contribution is 7.12. The van der Waals surface area contributed by atoms with Gasteiger partial charge in [0.2, 0.25) is 0 Å². The predicted molar refractivity (Wildman–Crippen MR) is 75.8 cm³/mol. The summed E-state index contributed by atoms with van der Waals surface area (Å²) in [7, 11) is 1.79. The highest BCUT2D eigenvalue weighted by Gasteiger charge is 2.13. The van der Waals surface area contributed by atoms with Crippen LogP contribution in [0.3, 0.4) is 0 Å². The molecule has 3 heteroatoms. The molecule has 0 aliphatic carbocycles. The lowest BCUT2D eigenvalue weighted by atomic mass is 10.1. The first-order chi connectivity index (χ1) is 8.17. The molecule has 0 amide bonds. The zero-order valence-corrected chi connectivity index (χ0v) is 12.3. The molecule has 0 bridgehead atoms. The average molecular weight is 255 g/mol. The minimum Gasteiger partial charge on any atom is -0.382 e. The Morgan fingerprint density at radius 2 is 2.12 bits per heavy atom. The number of ether oxygens (including phenoxy) is 1. The third-order valence-corrected chi connectivity index (χ3v) is 4.12. The molecule has 2 unspecified atom stereocenters. The van der Waals surface area contributed by atoms with Crippen LogP contribution < -0.4 is 5.32 Å². The summed E-state index contributed by atoms with van der Waals surface area (Å²) >= 11 is 1.90. The SMILES string of the molecule is CCCNC(CCC(C)OC)c1ccc(C)s1. The van der Waals surface area contributed by atoms with Crippen molar-refractivity contribution in [2.45, 2.75) is 52.2 Å². The van der Waals surface area contributed by atoms with Gasteiger partial charge >= 0.3 is 0 Å². The monoisotopic (exact) mass is 255 g/mol. The van der Waals surface area contributed by atoms with Gasteiger partial charge in [0, 0.05) is 22.9 Å². The van der Waals surface area contributed by atoms with Crippen molar-refractivity contribution in [1.29, 1.82) is 0 Å². The first kappa shape index (κ1) is 14.7. The third-order valence-electron chi connectivity index (χ3n) is 3.01. The van der Waals surface area contributed by atoms with Crippen LogP contribution in [0, 0.1) is 6.92 Å². The van der Waals surface area contributed by atoms with Crippen molar-refractivity contribution in [3.8, 4) is 0 Å². The lowest BCUT2D eigenvalue weighted by Gasteiger charge is -2.19. The summed E-state index contributed by atoms with van der Waals surface area (Å²) in [5.74, 6) is 0. The van der Waals surface area contributed by atoms with Crippen LogP contribution in [-0.2, 0) is 4.74 Å². The van der Waals surface area contributed by atoms with Crippen molar-refractivity contribution in [2.75, 3.05) is 13.7 Å². The van der Waals surface area contributed by atoms with Gasteiger partial charge in [0.1, 0.15) is 0 Å². The number of rotatable bonds is 8. The van der Waals surface area contributed by atoms with Gasteiger partial charge in [-0.15, -0.1) is 11.3 Å². The van der Waals surface area contributed by atoms with Gasteiger partial charge in [-0.3, -0.25) is 0 Å². The first-order valence-corrected chi connectivity index (χ1v) is 7.31. The lowest BCUT2D eigenvalue weighted by molar-refractivity contribution is 0.106. The second kappa shape index (κ2) is 7.85. The Hall–Kier alpha value is -0.380. The number of methoxy groups -OCH3 is 1. The Morgan fingerprint density at radius 1 is 1.35 bits per heavy atom. The molecule has 1 heterocycles. The van der Waals surface area contributed by atoms with Crippen molar-refractivity contribution in [2.24, 2.45) is 0 Å². The average Bonchev–Trinajstić information content (AvgIpc) is 2.75. The van der Waals surface area contributed by atoms with Crippen LogP contribution in [0.1, 0.15) is 48.9 Å². The summed E-state index contributed by atoms with van der Waals surface area (Å²) < 4.78 is 5.32. The maximum absolute atomic E-state index is 5.32. The fraction of sp³-hybridized carbons (Fsp3) is 0.714. The van der Waals surface area contributed by atoms with Crippen molar-refractivity contribution < 1.29 is 4.74 Å². The third kappa shape index (κ3) is 5.19. The maximum atomic E-state index is 5.32. The molecule has 0 fully saturated rings. The van der Waals surface area contributed by atoms with Crippen molar-refractivity contribution in [1.82, 2.24) is 5.32 Å². The summed E-state index contributed by atoms with van der Waals surface area (Å²) in [5.41, 5.74) is 0. The highest BCUT2D eigenvalue weighted by atomic mass is 32.1. The zero-order valence-electron chi connectivity index (χ0n) is 11.5. The van der Waals surface area contributed by atoms with E-state index < -0.39 is 0 Å². The quantitative estimate of drug-likeness (QED) is 0.760. The highest BCUT2D eigenvalue weighted by Crippen LogP contribution is 2.26. The molecule has 0 aromatic carbocycles. The number of nitrogens with one attached hydrogen (secondary N) is 1. The van der Waals surface area contributed by atoms with Gasteiger partial charge in [0.15, 0.2) is 0 Å². The van der Waals surface area contributed by atoms with E-state index >= 15 is 0 Å². The molecule has 0 saturated carbocycles. The molecule has 98 valence electrons. The van der Waals surface area contributed by atoms with E-state index in [1.54, 1.807) is 7.11 Å². The molecule has 0 spiro atoms. The van der Waals surface area contributed by atoms with E-state index in [1.165, 1.54) is 16.2 Å². The summed E-state index contributed by atoms with van der Waals surface area (Å²) in [5, 5.41) is 3.63. The second-order valence-corrected chi connectivity index (χ2v) is 5.90. The van der Waals surface area contributed by atoms with Gasteiger partial charge in [0.25, 0.3) is 0 Å². The fourth-order valence-electron chi connectivity index (χ4n) is 1.82. The predicted octanol–water partition coefficient (Wildman–Crippen LogP) is 3.91. The lowest BCUT2D eigenvalue weighted by Crippen LogP contribution is -2.22. The first-order valence-electron chi connectivity index (χ1n) is 6.49. The van der Waals surface area contributed by atoms with E-state index in [-0.39, 0.29) is 0 Å². The second-order valence-electron chi connectivity index (χ2n) is 4.58. The Morgan fingerprint density at radius 3 is 2.65 bits per heavy atom. The van der Waals surface area contributed by atoms with E-state index in [9.17, 15) is 0 Å². The molecule has 17 heavy (non-hydrogen) atoms. The largest absolute Gasteiger partial charge is 0.382 e. The van der Waals surface area contributed by atoms with E-state index in [2.05, 4.69) is 38.2 Å². The van der Waals surface area contributed by atoms with Gasteiger partial charge in [-0.25, -0.2) is 0 Å². The molecule has 0 saturated heterocycles. The van der Waals surface area contributed by atoms with E-state index in [0.717, 1.165) is 19.4 Å². The standard InChI is InChI=1S/C14H25NOS/c1-5-10-15-13(8-6-11(2)16-4)14-9-7-12(3)17-14/h7,9,11,13,15H,5-6,8,10H2,1-4H3. The van der Waals surface area contributed by atoms with Crippen LogP contribution in [0.15, 0.2) is 12.1 Å². The minimum atomic E-state index is 0.349. The van der Waals surface area contributed by atoms with Gasteiger partial charge in [-0.1, -0.05) is 6.92 Å². The van der Waals surface area contributed by atoms with Gasteiger partial charge in [0.05, 0.1) is 6.10 Å². The van der Waals surface area contributed by atoms with Gasteiger partial charge in [-0.2, -0.15) is 0 Å². The van der Waals surface area contributed by atoms with E-state index in [1.807, 2.05) is 11.3 Å². The van der Waals surface area contributed by atoms with Crippen molar-refractivity contribution in [3.63, 3.8) is 0 Å². The Balaban J connectivity index is 2.54. The molecule has 0 aliphatic heterocycles. The zero-order chi connectivity index (χ0) is 12.7. The van der Waals surface area contributed by atoms with Crippen LogP contribution in [0.5, 0.6) is 0 Å². The molecule has 1 aromatic heterocycles. The molecule has 2 nitrogen and oxygen atoms in total. The molecule has 1 aromatic rings. The van der Waals surface area contributed by atoms with Crippen LogP contribution in [0.2, 0.25) is 0 Å². The van der Waals surface area contributed by atoms with Crippen LogP contribution in [-0.4, -0.2) is 19.8 Å². The fourth-order valence-corrected chi connectivity index (χ4v) is 2.81. The van der Waals surface area contributed by atoms with E-state index in [0.29, 0.717) is 12.1 Å². The van der Waals surface area contributed by atoms with E-state index in [4.69, 9.17) is 4.74 Å². The van der Waals surface area contributed by atoms with Gasteiger partial charge < -0.3 is 10.1 Å². The molecular formula is C14H25NOS. The minimum absolute atomic E-state index is 0.349. The number of hydrogen-bond donors (Lipinski definition) is 1. The molecule has 0 radical (unpaired) electrons.